The maximum absolute atomic E-state index is 12.8. The van der Waals surface area contributed by atoms with E-state index in [4.69, 9.17) is 4.74 Å². The molecular weight excluding hydrogens is 358 g/mol. The lowest BCUT2D eigenvalue weighted by Gasteiger charge is -2.19. The van der Waals surface area contributed by atoms with E-state index in [-0.39, 0.29) is 24.4 Å². The molecule has 0 radical (unpaired) electrons. The molecule has 1 atom stereocenters. The number of nitrogens with one attached hydrogen (secondary N) is 1. The molecule has 0 bridgehead atoms. The third-order valence-corrected chi connectivity index (χ3v) is 3.97. The number of aromatic nitrogens is 4. The van der Waals surface area contributed by atoms with Crippen LogP contribution in [0.1, 0.15) is 42.2 Å². The number of hydrogen-bond donors (Lipinski definition) is 1. The fourth-order valence-corrected chi connectivity index (χ4v) is 2.73. The van der Waals surface area contributed by atoms with Gasteiger partial charge in [0.05, 0.1) is 24.3 Å². The lowest BCUT2D eigenvalue weighted by molar-refractivity contribution is -0.147. The fraction of sp³-hybridized carbons (Fsp3) is 0.250. The molecule has 28 heavy (non-hydrogen) atoms. The second kappa shape index (κ2) is 8.90. The van der Waals surface area contributed by atoms with Gasteiger partial charge in [-0.25, -0.2) is 4.68 Å². The molecule has 0 unspecified atom stereocenters. The summed E-state index contributed by atoms with van der Waals surface area (Å²) in [5.74, 6) is -0.673. The van der Waals surface area contributed by atoms with Gasteiger partial charge in [0.2, 0.25) is 0 Å². The highest BCUT2D eigenvalue weighted by atomic mass is 16.5. The third kappa shape index (κ3) is 5.00. The number of amides is 1. The molecule has 1 amide bonds. The second-order valence-corrected chi connectivity index (χ2v) is 6.48. The molecule has 2 aromatic carbocycles. The zero-order chi connectivity index (χ0) is 19.9. The minimum atomic E-state index is -0.503. The Labute approximate surface area is 162 Å². The molecular formula is C20H21N5O3. The van der Waals surface area contributed by atoms with Gasteiger partial charge in [0.1, 0.15) is 6.33 Å². The first-order valence-electron chi connectivity index (χ1n) is 8.91. The van der Waals surface area contributed by atoms with Crippen LogP contribution >= 0.6 is 0 Å². The number of nitrogens with zero attached hydrogens (tertiary/aromatic N) is 4. The van der Waals surface area contributed by atoms with Crippen molar-refractivity contribution in [2.24, 2.45) is 0 Å². The topological polar surface area (TPSA) is 99.0 Å². The summed E-state index contributed by atoms with van der Waals surface area (Å²) in [5.41, 5.74) is 1.92. The van der Waals surface area contributed by atoms with Crippen LogP contribution in [0.5, 0.6) is 0 Å². The monoisotopic (exact) mass is 379 g/mol. The third-order valence-electron chi connectivity index (χ3n) is 3.97. The Bertz CT molecular complexity index is 926. The number of tetrazole rings is 1. The highest BCUT2D eigenvalue weighted by molar-refractivity contribution is 5.95. The highest BCUT2D eigenvalue weighted by Gasteiger charge is 2.21. The van der Waals surface area contributed by atoms with E-state index in [1.54, 1.807) is 38.1 Å². The largest absolute Gasteiger partial charge is 0.463 e. The molecule has 0 aliphatic rings. The van der Waals surface area contributed by atoms with Gasteiger partial charge in [-0.05, 0) is 48.0 Å². The van der Waals surface area contributed by atoms with Gasteiger partial charge in [0.25, 0.3) is 5.91 Å². The van der Waals surface area contributed by atoms with E-state index in [2.05, 4.69) is 20.8 Å². The summed E-state index contributed by atoms with van der Waals surface area (Å²) in [6, 6.07) is 15.7. The van der Waals surface area contributed by atoms with Gasteiger partial charge < -0.3 is 10.1 Å². The van der Waals surface area contributed by atoms with Crippen molar-refractivity contribution >= 4 is 11.9 Å². The predicted octanol–water partition coefficient (Wildman–Crippen LogP) is 2.48. The Kier molecular flexibility index (Phi) is 6.11. The molecule has 8 nitrogen and oxygen atoms in total. The summed E-state index contributed by atoms with van der Waals surface area (Å²) < 4.78 is 6.71. The van der Waals surface area contributed by atoms with Crippen LogP contribution in [0.25, 0.3) is 5.69 Å². The lowest BCUT2D eigenvalue weighted by Crippen LogP contribution is -2.31. The van der Waals surface area contributed by atoms with Crippen LogP contribution in [0.15, 0.2) is 60.9 Å². The molecule has 1 heterocycles. The SMILES string of the molecule is CC(C)OC(=O)C[C@H](NC(=O)c1cccc(-n2cnnn2)c1)c1ccccc1. The van der Waals surface area contributed by atoms with Crippen molar-refractivity contribution in [3.8, 4) is 5.69 Å². The summed E-state index contributed by atoms with van der Waals surface area (Å²) in [6.45, 7) is 3.58. The number of ether oxygens (including phenoxy) is 1. The molecule has 144 valence electrons. The number of benzene rings is 2. The van der Waals surface area contributed by atoms with Crippen LogP contribution in [0, 0.1) is 0 Å². The first kappa shape index (κ1) is 19.2. The number of carbonyl (C=O) groups excluding carboxylic acids is 2. The second-order valence-electron chi connectivity index (χ2n) is 6.48. The van der Waals surface area contributed by atoms with Crippen molar-refractivity contribution in [3.05, 3.63) is 72.1 Å². The number of carbonyl (C=O) groups is 2. The first-order chi connectivity index (χ1) is 13.5. The van der Waals surface area contributed by atoms with E-state index in [1.807, 2.05) is 30.3 Å². The molecule has 0 saturated carbocycles. The van der Waals surface area contributed by atoms with Gasteiger partial charge in [0, 0.05) is 5.56 Å². The Balaban J connectivity index is 1.79. The van der Waals surface area contributed by atoms with Crippen LogP contribution in [0.3, 0.4) is 0 Å². The molecule has 0 aliphatic carbocycles. The molecule has 0 spiro atoms. The average molecular weight is 379 g/mol. The average Bonchev–Trinajstić information content (AvgIpc) is 3.22. The van der Waals surface area contributed by atoms with E-state index in [0.29, 0.717) is 11.3 Å². The standard InChI is InChI=1S/C20H21N5O3/c1-14(2)28-19(26)12-18(15-7-4-3-5-8-15)22-20(27)16-9-6-10-17(11-16)25-13-21-23-24-25/h3-11,13-14,18H,12H2,1-2H3,(H,22,27)/t18-/m0/s1. The molecule has 0 saturated heterocycles. The molecule has 8 heteroatoms. The number of rotatable bonds is 7. The van der Waals surface area contributed by atoms with Crippen LogP contribution in [-0.4, -0.2) is 38.2 Å². The maximum atomic E-state index is 12.8. The van der Waals surface area contributed by atoms with Crippen LogP contribution in [-0.2, 0) is 9.53 Å². The first-order valence-corrected chi connectivity index (χ1v) is 8.91. The molecule has 1 N–H and O–H groups in total. The van der Waals surface area contributed by atoms with Crippen molar-refractivity contribution in [2.45, 2.75) is 32.4 Å². The van der Waals surface area contributed by atoms with Gasteiger partial charge in [-0.1, -0.05) is 36.4 Å². The molecule has 3 aromatic rings. The van der Waals surface area contributed by atoms with Crippen LogP contribution in [0.2, 0.25) is 0 Å². The smallest absolute Gasteiger partial charge is 0.308 e. The highest BCUT2D eigenvalue weighted by Crippen LogP contribution is 2.19. The Morgan fingerprint density at radius 3 is 2.57 bits per heavy atom. The summed E-state index contributed by atoms with van der Waals surface area (Å²) in [6.07, 6.45) is 1.28. The van der Waals surface area contributed by atoms with E-state index >= 15 is 0 Å². The van der Waals surface area contributed by atoms with Gasteiger partial charge in [-0.3, -0.25) is 9.59 Å². The van der Waals surface area contributed by atoms with Crippen molar-refractivity contribution in [3.63, 3.8) is 0 Å². The minimum Gasteiger partial charge on any atom is -0.463 e. The quantitative estimate of drug-likeness (QED) is 0.633. The van der Waals surface area contributed by atoms with Crippen LogP contribution in [0.4, 0.5) is 0 Å². The minimum absolute atomic E-state index is 0.0423. The zero-order valence-corrected chi connectivity index (χ0v) is 15.6. The summed E-state index contributed by atoms with van der Waals surface area (Å²) >= 11 is 0. The summed E-state index contributed by atoms with van der Waals surface area (Å²) in [5, 5.41) is 13.9. The molecule has 3 rings (SSSR count). The Hall–Kier alpha value is -3.55. The normalized spacial score (nSPS) is 11.8. The molecule has 0 aliphatic heterocycles. The summed E-state index contributed by atoms with van der Waals surface area (Å²) in [4.78, 5) is 25.0. The summed E-state index contributed by atoms with van der Waals surface area (Å²) in [7, 11) is 0. The molecule has 0 fully saturated rings. The van der Waals surface area contributed by atoms with Crippen molar-refractivity contribution in [2.75, 3.05) is 0 Å². The van der Waals surface area contributed by atoms with Gasteiger partial charge in [0.15, 0.2) is 0 Å². The Morgan fingerprint density at radius 1 is 1.11 bits per heavy atom. The van der Waals surface area contributed by atoms with E-state index in [9.17, 15) is 9.59 Å². The van der Waals surface area contributed by atoms with Gasteiger partial charge in [-0.15, -0.1) is 5.10 Å². The zero-order valence-electron chi connectivity index (χ0n) is 15.6. The molecule has 1 aromatic heterocycles. The maximum Gasteiger partial charge on any atom is 0.308 e. The fourth-order valence-electron chi connectivity index (χ4n) is 2.73. The van der Waals surface area contributed by atoms with E-state index < -0.39 is 6.04 Å². The Morgan fingerprint density at radius 2 is 1.89 bits per heavy atom. The van der Waals surface area contributed by atoms with Crippen LogP contribution < -0.4 is 5.32 Å². The van der Waals surface area contributed by atoms with E-state index in [0.717, 1.165) is 5.56 Å². The van der Waals surface area contributed by atoms with Crippen molar-refractivity contribution < 1.29 is 14.3 Å². The van der Waals surface area contributed by atoms with Crippen molar-refractivity contribution in [1.29, 1.82) is 0 Å². The van der Waals surface area contributed by atoms with Gasteiger partial charge >= 0.3 is 5.97 Å². The predicted molar refractivity (Wildman–Crippen MR) is 102 cm³/mol. The lowest BCUT2D eigenvalue weighted by atomic mass is 10.0. The van der Waals surface area contributed by atoms with Crippen molar-refractivity contribution in [1.82, 2.24) is 25.5 Å². The van der Waals surface area contributed by atoms with E-state index in [1.165, 1.54) is 11.0 Å². The number of esters is 1. The van der Waals surface area contributed by atoms with Gasteiger partial charge in [-0.2, -0.15) is 0 Å². The number of hydrogen-bond acceptors (Lipinski definition) is 6.